The van der Waals surface area contributed by atoms with Crippen LogP contribution in [0.4, 0.5) is 5.69 Å². The molecule has 31 heavy (non-hydrogen) atoms. The highest BCUT2D eigenvalue weighted by atomic mass is 16.4. The molecule has 0 aliphatic rings. The van der Waals surface area contributed by atoms with Crippen LogP contribution in [0.1, 0.15) is 22.7 Å². The number of carboxylic acids is 1. The Hall–Kier alpha value is -4.37. The maximum Gasteiger partial charge on any atom is 0.307 e. The molecule has 0 radical (unpaired) electrons. The first kappa shape index (κ1) is 21.3. The largest absolute Gasteiger partial charge is 0.481 e. The molecule has 0 aliphatic heterocycles. The maximum atomic E-state index is 12.8. The summed E-state index contributed by atoms with van der Waals surface area (Å²) in [5.41, 5.74) is 3.03. The number of carbonyl (C=O) groups excluding carboxylic acids is 1. The molecule has 0 heterocycles. The van der Waals surface area contributed by atoms with Gasteiger partial charge in [0.05, 0.1) is 12.5 Å². The monoisotopic (exact) mass is 411 g/mol. The first-order chi connectivity index (χ1) is 15.1. The van der Waals surface area contributed by atoms with Crippen LogP contribution in [0.2, 0.25) is 0 Å². The summed E-state index contributed by atoms with van der Waals surface area (Å²) in [6.45, 7) is 0. The molecule has 0 saturated carbocycles. The molecule has 6 nitrogen and oxygen atoms in total. The summed E-state index contributed by atoms with van der Waals surface area (Å²) in [7, 11) is 0. The van der Waals surface area contributed by atoms with E-state index in [0.29, 0.717) is 11.3 Å². The molecule has 3 aromatic carbocycles. The lowest BCUT2D eigenvalue weighted by Crippen LogP contribution is -2.30. The fourth-order valence-electron chi connectivity index (χ4n) is 3.06. The number of aliphatic carboxylic acids is 1. The molecule has 0 aliphatic carbocycles. The van der Waals surface area contributed by atoms with E-state index in [1.54, 1.807) is 24.3 Å². The molecule has 0 aromatic heterocycles. The van der Waals surface area contributed by atoms with Crippen LogP contribution in [0, 0.1) is 11.3 Å². The zero-order valence-corrected chi connectivity index (χ0v) is 16.7. The van der Waals surface area contributed by atoms with Gasteiger partial charge in [-0.25, -0.2) is 0 Å². The fourth-order valence-corrected chi connectivity index (χ4v) is 3.06. The number of amides is 1. The molecule has 3 rings (SSSR count). The Balaban J connectivity index is 1.75. The number of hydrogen-bond donors (Lipinski definition) is 3. The average Bonchev–Trinajstić information content (AvgIpc) is 2.79. The van der Waals surface area contributed by atoms with Crippen molar-refractivity contribution in [2.75, 3.05) is 5.32 Å². The SMILES string of the molecule is N#C/C(=C/Nc1ccc(CC(=O)O)cc1)C(=O)NC(c1ccccc1)c1ccccc1. The molecule has 3 aromatic rings. The number of benzene rings is 3. The van der Waals surface area contributed by atoms with E-state index in [2.05, 4.69) is 10.6 Å². The lowest BCUT2D eigenvalue weighted by atomic mass is 9.98. The van der Waals surface area contributed by atoms with Gasteiger partial charge in [0.1, 0.15) is 11.6 Å². The van der Waals surface area contributed by atoms with Crippen molar-refractivity contribution in [1.82, 2.24) is 5.32 Å². The number of nitrogens with one attached hydrogen (secondary N) is 2. The summed E-state index contributed by atoms with van der Waals surface area (Å²) in [5.74, 6) is -1.41. The summed E-state index contributed by atoms with van der Waals surface area (Å²) in [6, 6.07) is 27.3. The van der Waals surface area contributed by atoms with Gasteiger partial charge in [-0.2, -0.15) is 5.26 Å². The first-order valence-corrected chi connectivity index (χ1v) is 9.65. The average molecular weight is 411 g/mol. The molecular weight excluding hydrogens is 390 g/mol. The van der Waals surface area contributed by atoms with Gasteiger partial charge in [0.15, 0.2) is 0 Å². The normalized spacial score (nSPS) is 10.9. The molecule has 0 saturated heterocycles. The standard InChI is InChI=1S/C25H21N3O3/c26-16-21(17-27-22-13-11-18(12-14-22)15-23(29)30)25(31)28-24(19-7-3-1-4-8-19)20-9-5-2-6-10-20/h1-14,17,24,27H,15H2,(H,28,31)(H,29,30)/b21-17-. The fraction of sp³-hybridized carbons (Fsp3) is 0.0800. The van der Waals surface area contributed by atoms with Gasteiger partial charge in [-0.15, -0.1) is 0 Å². The minimum Gasteiger partial charge on any atom is -0.481 e. The number of anilines is 1. The van der Waals surface area contributed by atoms with E-state index < -0.39 is 17.9 Å². The molecule has 0 fully saturated rings. The van der Waals surface area contributed by atoms with E-state index in [0.717, 1.165) is 11.1 Å². The number of nitriles is 1. The minimum atomic E-state index is -0.907. The number of nitrogens with zero attached hydrogens (tertiary/aromatic N) is 1. The van der Waals surface area contributed by atoms with Gasteiger partial charge in [-0.1, -0.05) is 72.8 Å². The second-order valence-corrected chi connectivity index (χ2v) is 6.81. The molecule has 0 bridgehead atoms. The van der Waals surface area contributed by atoms with Crippen LogP contribution in [0.25, 0.3) is 0 Å². The molecule has 3 N–H and O–H groups in total. The van der Waals surface area contributed by atoms with Gasteiger partial charge in [-0.3, -0.25) is 9.59 Å². The zero-order valence-electron chi connectivity index (χ0n) is 16.7. The van der Waals surface area contributed by atoms with Crippen LogP contribution < -0.4 is 10.6 Å². The van der Waals surface area contributed by atoms with E-state index in [9.17, 15) is 14.9 Å². The van der Waals surface area contributed by atoms with Crippen LogP contribution in [0.15, 0.2) is 96.7 Å². The highest BCUT2D eigenvalue weighted by Gasteiger charge is 2.19. The first-order valence-electron chi connectivity index (χ1n) is 9.65. The van der Waals surface area contributed by atoms with Gasteiger partial charge in [-0.05, 0) is 28.8 Å². The Morgan fingerprint density at radius 1 is 0.903 bits per heavy atom. The van der Waals surface area contributed by atoms with Gasteiger partial charge in [0.25, 0.3) is 5.91 Å². The molecule has 154 valence electrons. The second-order valence-electron chi connectivity index (χ2n) is 6.81. The van der Waals surface area contributed by atoms with Crippen molar-refractivity contribution in [2.45, 2.75) is 12.5 Å². The van der Waals surface area contributed by atoms with Crippen molar-refractivity contribution < 1.29 is 14.7 Å². The third-order valence-electron chi connectivity index (χ3n) is 4.60. The summed E-state index contributed by atoms with van der Waals surface area (Å²) in [4.78, 5) is 23.6. The number of hydrogen-bond acceptors (Lipinski definition) is 4. The van der Waals surface area contributed by atoms with Crippen LogP contribution >= 0.6 is 0 Å². The van der Waals surface area contributed by atoms with Gasteiger partial charge in [0, 0.05) is 11.9 Å². The number of carbonyl (C=O) groups is 2. The third-order valence-corrected chi connectivity index (χ3v) is 4.60. The second kappa shape index (κ2) is 10.4. The predicted molar refractivity (Wildman–Crippen MR) is 118 cm³/mol. The molecule has 0 spiro atoms. The highest BCUT2D eigenvalue weighted by molar-refractivity contribution is 5.98. The molecule has 1 amide bonds. The third kappa shape index (κ3) is 6.05. The van der Waals surface area contributed by atoms with Gasteiger partial charge < -0.3 is 15.7 Å². The lowest BCUT2D eigenvalue weighted by Gasteiger charge is -2.19. The van der Waals surface area contributed by atoms with Crippen LogP contribution in [-0.4, -0.2) is 17.0 Å². The minimum absolute atomic E-state index is 0.0671. The highest BCUT2D eigenvalue weighted by Crippen LogP contribution is 2.22. The van der Waals surface area contributed by atoms with E-state index in [4.69, 9.17) is 5.11 Å². The van der Waals surface area contributed by atoms with Crippen LogP contribution in [-0.2, 0) is 16.0 Å². The Bertz CT molecular complexity index is 1060. The molecular formula is C25H21N3O3. The smallest absolute Gasteiger partial charge is 0.307 e. The van der Waals surface area contributed by atoms with Gasteiger partial charge >= 0.3 is 5.97 Å². The Kier molecular flexibility index (Phi) is 7.17. The van der Waals surface area contributed by atoms with Gasteiger partial charge in [0.2, 0.25) is 0 Å². The Morgan fingerprint density at radius 3 is 1.94 bits per heavy atom. The predicted octanol–water partition coefficient (Wildman–Crippen LogP) is 4.04. The summed E-state index contributed by atoms with van der Waals surface area (Å²) in [6.07, 6.45) is 1.27. The van der Waals surface area contributed by atoms with E-state index in [-0.39, 0.29) is 12.0 Å². The summed E-state index contributed by atoms with van der Waals surface area (Å²) in [5, 5.41) is 24.2. The van der Waals surface area contributed by atoms with Crippen molar-refractivity contribution in [3.05, 3.63) is 113 Å². The topological polar surface area (TPSA) is 102 Å². The Morgan fingerprint density at radius 2 is 1.45 bits per heavy atom. The lowest BCUT2D eigenvalue weighted by molar-refractivity contribution is -0.136. The summed E-state index contributed by atoms with van der Waals surface area (Å²) >= 11 is 0. The van der Waals surface area contributed by atoms with E-state index >= 15 is 0 Å². The van der Waals surface area contributed by atoms with Crippen molar-refractivity contribution in [3.63, 3.8) is 0 Å². The van der Waals surface area contributed by atoms with Crippen molar-refractivity contribution in [1.29, 1.82) is 5.26 Å². The van der Waals surface area contributed by atoms with Crippen molar-refractivity contribution >= 4 is 17.6 Å². The quantitative estimate of drug-likeness (QED) is 0.384. The van der Waals surface area contributed by atoms with E-state index in [1.807, 2.05) is 66.7 Å². The van der Waals surface area contributed by atoms with Crippen molar-refractivity contribution in [3.8, 4) is 6.07 Å². The maximum absolute atomic E-state index is 12.8. The Labute approximate surface area is 180 Å². The summed E-state index contributed by atoms with van der Waals surface area (Å²) < 4.78 is 0. The van der Waals surface area contributed by atoms with E-state index in [1.165, 1.54) is 6.20 Å². The van der Waals surface area contributed by atoms with Crippen LogP contribution in [0.3, 0.4) is 0 Å². The number of rotatable bonds is 8. The molecule has 0 unspecified atom stereocenters. The molecule has 6 heteroatoms. The van der Waals surface area contributed by atoms with Crippen molar-refractivity contribution in [2.24, 2.45) is 0 Å². The number of carboxylic acid groups (broad SMARTS) is 1. The molecule has 0 atom stereocenters. The zero-order chi connectivity index (χ0) is 22.1. The van der Waals surface area contributed by atoms with Crippen LogP contribution in [0.5, 0.6) is 0 Å².